The van der Waals surface area contributed by atoms with Gasteiger partial charge in [0.25, 0.3) is 5.69 Å². The molecule has 2 fully saturated rings. The normalized spacial score (nSPS) is 20.8. The molecule has 3 rings (SSSR count). The van der Waals surface area contributed by atoms with E-state index < -0.39 is 4.92 Å². The van der Waals surface area contributed by atoms with E-state index in [1.165, 1.54) is 25.0 Å². The quantitative estimate of drug-likeness (QED) is 0.490. The Morgan fingerprint density at radius 3 is 2.47 bits per heavy atom. The Labute approximate surface area is 115 Å². The largest absolute Gasteiger partial charge is 0.342 e. The summed E-state index contributed by atoms with van der Waals surface area (Å²) >= 11 is 5.33. The van der Waals surface area contributed by atoms with Gasteiger partial charge < -0.3 is 5.32 Å². The molecule has 1 heterocycles. The van der Waals surface area contributed by atoms with Gasteiger partial charge in [0.15, 0.2) is 5.11 Å². The molecule has 1 saturated heterocycles. The Kier molecular flexibility index (Phi) is 2.87. The predicted octanol–water partition coefficient (Wildman–Crippen LogP) is 2.06. The van der Waals surface area contributed by atoms with E-state index in [0.717, 1.165) is 18.5 Å². The van der Waals surface area contributed by atoms with Crippen LogP contribution in [0.3, 0.4) is 0 Å². The van der Waals surface area contributed by atoms with Gasteiger partial charge in [-0.25, -0.2) is 5.43 Å². The Balaban J connectivity index is 1.82. The van der Waals surface area contributed by atoms with Crippen LogP contribution in [0.2, 0.25) is 0 Å². The van der Waals surface area contributed by atoms with Crippen molar-refractivity contribution in [3.05, 3.63) is 34.4 Å². The molecule has 1 saturated carbocycles. The second kappa shape index (κ2) is 4.43. The Morgan fingerprint density at radius 1 is 1.26 bits per heavy atom. The van der Waals surface area contributed by atoms with Crippen LogP contribution in [0.15, 0.2) is 24.3 Å². The summed E-state index contributed by atoms with van der Waals surface area (Å²) in [5.41, 5.74) is 4.16. The van der Waals surface area contributed by atoms with Crippen molar-refractivity contribution in [2.45, 2.75) is 31.3 Å². The predicted molar refractivity (Wildman–Crippen MR) is 75.6 cm³/mol. The molecule has 2 aliphatic rings. The second-order valence-electron chi connectivity index (χ2n) is 4.94. The average molecular weight is 278 g/mol. The van der Waals surface area contributed by atoms with E-state index >= 15 is 0 Å². The van der Waals surface area contributed by atoms with Crippen LogP contribution in [0, 0.1) is 10.1 Å². The number of nitro benzene ring substituents is 1. The van der Waals surface area contributed by atoms with Gasteiger partial charge in [0, 0.05) is 12.1 Å². The third-order valence-corrected chi connectivity index (χ3v) is 3.94. The number of rotatable bonds is 2. The van der Waals surface area contributed by atoms with Crippen molar-refractivity contribution in [1.29, 1.82) is 0 Å². The lowest BCUT2D eigenvalue weighted by atomic mass is 10.1. The number of benzene rings is 1. The number of hydrogen-bond donors (Lipinski definition) is 2. The molecule has 1 aromatic rings. The summed E-state index contributed by atoms with van der Waals surface area (Å²) in [6.45, 7) is 0. The molecule has 0 aromatic heterocycles. The third kappa shape index (κ3) is 2.15. The highest BCUT2D eigenvalue weighted by Crippen LogP contribution is 2.32. The topological polar surface area (TPSA) is 70.4 Å². The Bertz CT molecular complexity index is 525. The molecule has 19 heavy (non-hydrogen) atoms. The number of thiocarbonyl (C=S) groups is 1. The van der Waals surface area contributed by atoms with E-state index in [2.05, 4.69) is 10.7 Å². The van der Waals surface area contributed by atoms with Crippen LogP contribution < -0.4 is 15.8 Å². The summed E-state index contributed by atoms with van der Waals surface area (Å²) in [6.07, 6.45) is 4.43. The molecular formula is C12H14N4O2S. The molecular weight excluding hydrogens is 264 g/mol. The SMILES string of the molecule is O=[N+]([O-])c1ccc(N2NC3(CCCC3)NC2=S)cc1. The van der Waals surface area contributed by atoms with Gasteiger partial charge in [-0.05, 0) is 50.0 Å². The number of anilines is 1. The van der Waals surface area contributed by atoms with E-state index in [1.807, 2.05) is 0 Å². The number of hydrazine groups is 1. The number of nitrogens with zero attached hydrogens (tertiary/aromatic N) is 2. The lowest BCUT2D eigenvalue weighted by Crippen LogP contribution is -2.48. The fourth-order valence-electron chi connectivity index (χ4n) is 2.67. The summed E-state index contributed by atoms with van der Waals surface area (Å²) in [5, 5.41) is 16.4. The Hall–Kier alpha value is -1.73. The molecule has 0 amide bonds. The van der Waals surface area contributed by atoms with E-state index in [9.17, 15) is 10.1 Å². The molecule has 100 valence electrons. The lowest BCUT2D eigenvalue weighted by molar-refractivity contribution is -0.384. The highest BCUT2D eigenvalue weighted by Gasteiger charge is 2.42. The molecule has 0 atom stereocenters. The smallest absolute Gasteiger partial charge is 0.269 e. The Morgan fingerprint density at radius 2 is 1.89 bits per heavy atom. The number of non-ortho nitro benzene ring substituents is 1. The molecule has 1 aromatic carbocycles. The van der Waals surface area contributed by atoms with E-state index in [-0.39, 0.29) is 11.4 Å². The third-order valence-electron chi connectivity index (χ3n) is 3.65. The average Bonchev–Trinajstić information content (AvgIpc) is 2.97. The lowest BCUT2D eigenvalue weighted by Gasteiger charge is -2.24. The summed E-state index contributed by atoms with van der Waals surface area (Å²) in [4.78, 5) is 10.2. The van der Waals surface area contributed by atoms with Gasteiger partial charge in [-0.3, -0.25) is 15.1 Å². The first-order chi connectivity index (χ1) is 9.10. The van der Waals surface area contributed by atoms with Crippen molar-refractivity contribution in [1.82, 2.24) is 10.7 Å². The van der Waals surface area contributed by atoms with Crippen molar-refractivity contribution in [3.63, 3.8) is 0 Å². The first-order valence-electron chi connectivity index (χ1n) is 6.24. The van der Waals surface area contributed by atoms with Crippen LogP contribution in [0.5, 0.6) is 0 Å². The van der Waals surface area contributed by atoms with Gasteiger partial charge in [-0.1, -0.05) is 0 Å². The van der Waals surface area contributed by atoms with Crippen LogP contribution in [0.1, 0.15) is 25.7 Å². The standard InChI is InChI=1S/C12H14N4O2S/c17-16(18)10-5-3-9(4-6-10)15-11(19)13-12(14-15)7-1-2-8-12/h3-6,14H,1-2,7-8H2,(H,13,19). The molecule has 7 heteroatoms. The minimum atomic E-state index is -0.407. The maximum Gasteiger partial charge on any atom is 0.269 e. The molecule has 1 aliphatic heterocycles. The fraction of sp³-hybridized carbons (Fsp3) is 0.417. The van der Waals surface area contributed by atoms with Crippen molar-refractivity contribution in [3.8, 4) is 0 Å². The summed E-state index contributed by atoms with van der Waals surface area (Å²) in [7, 11) is 0. The number of hydrogen-bond acceptors (Lipinski definition) is 4. The minimum absolute atomic E-state index is 0.0809. The van der Waals surface area contributed by atoms with E-state index in [1.54, 1.807) is 17.1 Å². The van der Waals surface area contributed by atoms with Gasteiger partial charge in [0.05, 0.1) is 10.6 Å². The molecule has 0 radical (unpaired) electrons. The highest BCUT2D eigenvalue weighted by atomic mass is 32.1. The summed E-state index contributed by atoms with van der Waals surface area (Å²) in [5.74, 6) is 0. The highest BCUT2D eigenvalue weighted by molar-refractivity contribution is 7.80. The first kappa shape index (κ1) is 12.3. The van der Waals surface area contributed by atoms with Gasteiger partial charge in [0.2, 0.25) is 0 Å². The monoisotopic (exact) mass is 278 g/mol. The zero-order chi connectivity index (χ0) is 13.5. The van der Waals surface area contributed by atoms with Gasteiger partial charge in [-0.2, -0.15) is 0 Å². The van der Waals surface area contributed by atoms with Crippen LogP contribution in [0.4, 0.5) is 11.4 Å². The molecule has 2 N–H and O–H groups in total. The second-order valence-corrected chi connectivity index (χ2v) is 5.33. The summed E-state index contributed by atoms with van der Waals surface area (Å²) < 4.78 is 0. The molecule has 0 unspecified atom stereocenters. The van der Waals surface area contributed by atoms with Gasteiger partial charge in [-0.15, -0.1) is 0 Å². The molecule has 6 nitrogen and oxygen atoms in total. The maximum atomic E-state index is 10.6. The van der Waals surface area contributed by atoms with Crippen molar-refractivity contribution in [2.75, 3.05) is 5.01 Å². The zero-order valence-electron chi connectivity index (χ0n) is 10.3. The van der Waals surface area contributed by atoms with Gasteiger partial charge >= 0.3 is 0 Å². The minimum Gasteiger partial charge on any atom is -0.342 e. The molecule has 0 bridgehead atoms. The number of nitro groups is 1. The summed E-state index contributed by atoms with van der Waals surface area (Å²) in [6, 6.07) is 6.37. The van der Waals surface area contributed by atoms with Crippen LogP contribution >= 0.6 is 12.2 Å². The van der Waals surface area contributed by atoms with E-state index in [0.29, 0.717) is 5.11 Å². The van der Waals surface area contributed by atoms with Crippen molar-refractivity contribution >= 4 is 28.7 Å². The molecule has 1 spiro atoms. The van der Waals surface area contributed by atoms with Crippen molar-refractivity contribution < 1.29 is 4.92 Å². The van der Waals surface area contributed by atoms with Crippen LogP contribution in [-0.4, -0.2) is 15.7 Å². The first-order valence-corrected chi connectivity index (χ1v) is 6.65. The maximum absolute atomic E-state index is 10.6. The fourth-order valence-corrected chi connectivity index (χ4v) is 3.02. The molecule has 1 aliphatic carbocycles. The number of nitrogens with one attached hydrogen (secondary N) is 2. The van der Waals surface area contributed by atoms with Crippen LogP contribution in [0.25, 0.3) is 0 Å². The van der Waals surface area contributed by atoms with Crippen molar-refractivity contribution in [2.24, 2.45) is 0 Å². The van der Waals surface area contributed by atoms with E-state index in [4.69, 9.17) is 12.2 Å². The zero-order valence-corrected chi connectivity index (χ0v) is 11.1. The van der Waals surface area contributed by atoms with Gasteiger partial charge in [0.1, 0.15) is 5.66 Å². The van der Waals surface area contributed by atoms with Crippen LogP contribution in [-0.2, 0) is 0 Å².